The number of rotatable bonds is 23. The lowest BCUT2D eigenvalue weighted by molar-refractivity contribution is -0.271. The summed E-state index contributed by atoms with van der Waals surface area (Å²) in [5.41, 5.74) is 9.56. The van der Waals surface area contributed by atoms with Crippen LogP contribution in [0.3, 0.4) is 0 Å². The Morgan fingerprint density at radius 2 is 1.69 bits per heavy atom. The van der Waals surface area contributed by atoms with Gasteiger partial charge in [-0.25, -0.2) is 29.3 Å². The van der Waals surface area contributed by atoms with Crippen molar-refractivity contribution >= 4 is 84.4 Å². The van der Waals surface area contributed by atoms with Gasteiger partial charge in [0.1, 0.15) is 46.8 Å². The van der Waals surface area contributed by atoms with E-state index in [2.05, 4.69) is 34.4 Å². The average molecular weight is 1290 g/mol. The maximum Gasteiger partial charge on any atom is 0.410 e. The number of aromatic carboxylic acids is 1. The van der Waals surface area contributed by atoms with Gasteiger partial charge in [0.05, 0.1) is 29.8 Å². The summed E-state index contributed by atoms with van der Waals surface area (Å²) in [4.78, 5) is 82.4. The topological polar surface area (TPSA) is 391 Å². The first kappa shape index (κ1) is 64.5. The molecule has 4 aromatic heterocycles. The number of hydrogen-bond acceptors (Lipinski definition) is 21. The SMILES string of the molecule is Cc1c(-c2ccc(N3CCc4cccc(C(=O)Nc5nc6cccnc6s5)c4C3)nc2C(=O)O)cnn1CC12CC3(C)CC(C)(C1)CC(OCCN(CCS(=O)(=O)O)C(=O)OCC=Cc1ccc(O[C@@H]4O[C@H](C(=O)O)[C@@H](O)[C@H](O)[C@H]4O)c(NC(=O)CCN)c1)(C3)C2. The number of aliphatic hydroxyl groups is 3. The molecule has 7 atom stereocenters. The Bertz CT molecular complexity index is 3900. The predicted molar refractivity (Wildman–Crippen MR) is 331 cm³/mol. The van der Waals surface area contributed by atoms with Crippen molar-refractivity contribution in [1.29, 1.82) is 0 Å². The van der Waals surface area contributed by atoms with Crippen molar-refractivity contribution in [2.45, 2.75) is 122 Å². The van der Waals surface area contributed by atoms with Crippen LogP contribution in [0.1, 0.15) is 102 Å². The lowest BCUT2D eigenvalue weighted by Crippen LogP contribution is -2.64. The molecule has 0 spiro atoms. The number of benzene rings is 2. The van der Waals surface area contributed by atoms with Gasteiger partial charge in [-0.3, -0.25) is 24.1 Å². The van der Waals surface area contributed by atoms with E-state index in [-0.39, 0.29) is 72.0 Å². The fourth-order valence-corrected chi connectivity index (χ4v) is 16.3. The second-order valence-electron chi connectivity index (χ2n) is 25.2. The summed E-state index contributed by atoms with van der Waals surface area (Å²) in [6, 6.07) is 17.1. The molecule has 29 heteroatoms. The number of fused-ring (bicyclic) bond motifs is 2. The number of amides is 3. The van der Waals surface area contributed by atoms with Crippen LogP contribution in [-0.4, -0.2) is 179 Å². The maximum atomic E-state index is 13.8. The van der Waals surface area contributed by atoms with E-state index in [0.29, 0.717) is 76.0 Å². The number of nitrogens with one attached hydrogen (secondary N) is 2. The number of nitrogens with zero attached hydrogens (tertiary/aromatic N) is 7. The van der Waals surface area contributed by atoms with E-state index < -0.39 is 82.7 Å². The Hall–Kier alpha value is -8.00. The van der Waals surface area contributed by atoms with Crippen LogP contribution in [0.5, 0.6) is 5.75 Å². The Balaban J connectivity index is 0.746. The molecule has 2 aliphatic heterocycles. The van der Waals surface area contributed by atoms with Crippen molar-refractivity contribution in [2.75, 3.05) is 60.7 Å². The first-order valence-electron chi connectivity index (χ1n) is 29.8. The minimum Gasteiger partial charge on any atom is -0.479 e. The number of pyridine rings is 2. The third-order valence-electron chi connectivity index (χ3n) is 17.8. The van der Waals surface area contributed by atoms with E-state index in [9.17, 15) is 62.5 Å². The highest BCUT2D eigenvalue weighted by Gasteiger charge is 2.66. The number of carboxylic acid groups (broad SMARTS) is 2. The zero-order chi connectivity index (χ0) is 64.8. The number of carbonyl (C=O) groups excluding carboxylic acids is 3. The molecular weight excluding hydrogens is 1220 g/mol. The Morgan fingerprint density at radius 1 is 0.912 bits per heavy atom. The van der Waals surface area contributed by atoms with Crippen LogP contribution in [0.25, 0.3) is 27.6 Å². The fraction of sp³-hybridized carbons (Fsp3) is 0.468. The lowest BCUT2D eigenvalue weighted by atomic mass is 9.39. The predicted octanol–water partition coefficient (Wildman–Crippen LogP) is 5.51. The Labute approximate surface area is 526 Å². The van der Waals surface area contributed by atoms with E-state index in [1.807, 2.05) is 40.8 Å². The molecule has 10 N–H and O–H groups in total. The summed E-state index contributed by atoms with van der Waals surface area (Å²) in [6.07, 6.45) is 1.41. The standard InChI is InChI=1S/C62H72N10O17S2/c1-35-40(38-12-14-45(68-47(38)54(78)79)71-19-16-37-8-4-9-39(41(37)27-71)52(77)69-57-67-42-10-5-18-64-53(42)90-57)26-65-72(35)34-61-29-59(2)28-60(3,30-61)32-62(31-59,33-61)87-23-20-70(21-24-91(83,84)85)58(82)86-22-6-7-36-11-13-44(43(25-36)66-46(73)15-17-63)88-56-50(76)48(74)49(75)51(89-56)55(80)81/h4-14,18,25-26,48-51,56,74-76H,15-17,19-24,27-34,63H2,1-3H3,(H,66,73)(H,78,79)(H,80,81)(H,67,69,77)(H,83,84,85)/t48-,49-,50+,51-,56+,59?,60?,61?,62?/m0/s1. The monoisotopic (exact) mass is 1290 g/mol. The summed E-state index contributed by atoms with van der Waals surface area (Å²) in [7, 11) is -4.51. The number of nitrogens with two attached hydrogens (primary N) is 1. The number of hydrogen-bond donors (Lipinski definition) is 9. The normalized spacial score (nSPS) is 25.9. The Kier molecular flexibility index (Phi) is 18.1. The number of carboxylic acids is 2. The van der Waals surface area contributed by atoms with Crippen molar-refractivity contribution in [3.05, 3.63) is 113 Å². The molecule has 27 nitrogen and oxygen atoms in total. The molecule has 0 radical (unpaired) electrons. The van der Waals surface area contributed by atoms with Gasteiger partial charge in [-0.2, -0.15) is 13.5 Å². The van der Waals surface area contributed by atoms with Gasteiger partial charge in [-0.15, -0.1) is 0 Å². The van der Waals surface area contributed by atoms with E-state index in [4.69, 9.17) is 34.8 Å². The molecule has 12 rings (SSSR count). The molecule has 91 heavy (non-hydrogen) atoms. The van der Waals surface area contributed by atoms with Crippen LogP contribution >= 0.6 is 11.3 Å². The largest absolute Gasteiger partial charge is 0.479 e. The zero-order valence-electron chi connectivity index (χ0n) is 50.2. The molecule has 2 unspecified atom stereocenters. The van der Waals surface area contributed by atoms with Gasteiger partial charge in [-0.1, -0.05) is 49.5 Å². The number of aromatic nitrogens is 5. The van der Waals surface area contributed by atoms with E-state index in [1.54, 1.807) is 30.6 Å². The minimum atomic E-state index is -4.51. The van der Waals surface area contributed by atoms with Crippen LogP contribution in [0.2, 0.25) is 0 Å². The van der Waals surface area contributed by atoms with E-state index in [1.165, 1.54) is 41.7 Å². The summed E-state index contributed by atoms with van der Waals surface area (Å²) in [5.74, 6) is -4.07. The number of ether oxygens (including phenoxy) is 4. The van der Waals surface area contributed by atoms with Crippen molar-refractivity contribution < 1.29 is 81.4 Å². The van der Waals surface area contributed by atoms with Gasteiger partial charge in [0.2, 0.25) is 12.2 Å². The van der Waals surface area contributed by atoms with Crippen LogP contribution in [0, 0.1) is 23.2 Å². The Morgan fingerprint density at radius 3 is 2.42 bits per heavy atom. The second-order valence-corrected chi connectivity index (χ2v) is 27.8. The molecule has 6 heterocycles. The van der Waals surface area contributed by atoms with Crippen molar-refractivity contribution in [3.8, 4) is 16.9 Å². The van der Waals surface area contributed by atoms with Gasteiger partial charge in [0.25, 0.3) is 16.0 Å². The highest BCUT2D eigenvalue weighted by Crippen LogP contribution is 2.72. The minimum absolute atomic E-state index is 0.000746. The van der Waals surface area contributed by atoms with Gasteiger partial charge in [-0.05, 0) is 133 Å². The van der Waals surface area contributed by atoms with Crippen LogP contribution in [0.15, 0.2) is 79.1 Å². The molecule has 3 amide bonds. The molecule has 484 valence electrons. The van der Waals surface area contributed by atoms with Crippen molar-refractivity contribution in [3.63, 3.8) is 0 Å². The molecule has 4 bridgehead atoms. The van der Waals surface area contributed by atoms with Crippen molar-refractivity contribution in [2.24, 2.45) is 22.0 Å². The highest BCUT2D eigenvalue weighted by atomic mass is 32.2. The smallest absolute Gasteiger partial charge is 0.410 e. The first-order valence-corrected chi connectivity index (χ1v) is 32.2. The summed E-state index contributed by atoms with van der Waals surface area (Å²) >= 11 is 1.29. The fourth-order valence-electron chi connectivity index (χ4n) is 15.1. The van der Waals surface area contributed by atoms with Crippen LogP contribution < -0.4 is 26.0 Å². The number of aliphatic hydroxyl groups excluding tert-OH is 3. The number of carbonyl (C=O) groups is 5. The molecular formula is C62H72N10O17S2. The molecule has 2 aromatic carbocycles. The maximum absolute atomic E-state index is 13.8. The van der Waals surface area contributed by atoms with E-state index in [0.717, 1.165) is 53.8 Å². The molecule has 5 fully saturated rings. The molecule has 1 saturated heterocycles. The third-order valence-corrected chi connectivity index (χ3v) is 19.4. The lowest BCUT2D eigenvalue weighted by Gasteiger charge is -2.69. The molecule has 6 aromatic rings. The first-order chi connectivity index (χ1) is 43.2. The molecule has 4 saturated carbocycles. The van der Waals surface area contributed by atoms with Gasteiger partial charge >= 0.3 is 18.0 Å². The van der Waals surface area contributed by atoms with Gasteiger partial charge in [0.15, 0.2) is 16.9 Å². The summed E-state index contributed by atoms with van der Waals surface area (Å²) in [5, 5.41) is 62.1. The number of thiazole rings is 1. The molecule has 4 aliphatic carbocycles. The summed E-state index contributed by atoms with van der Waals surface area (Å²) in [6.45, 7) is 7.09. The third kappa shape index (κ3) is 14.1. The second kappa shape index (κ2) is 25.6. The van der Waals surface area contributed by atoms with E-state index >= 15 is 0 Å². The van der Waals surface area contributed by atoms with Crippen LogP contribution in [0.4, 0.5) is 21.4 Å². The van der Waals surface area contributed by atoms with Crippen molar-refractivity contribution in [1.82, 2.24) is 29.6 Å². The number of anilines is 3. The highest BCUT2D eigenvalue weighted by molar-refractivity contribution is 7.85. The average Bonchev–Trinajstić information content (AvgIpc) is 1.01. The number of aliphatic carboxylic acids is 1. The zero-order valence-corrected chi connectivity index (χ0v) is 51.8. The summed E-state index contributed by atoms with van der Waals surface area (Å²) < 4.78 is 59.2. The van der Waals surface area contributed by atoms with Crippen LogP contribution in [-0.2, 0) is 53.4 Å². The van der Waals surface area contributed by atoms with Gasteiger partial charge < -0.3 is 65.3 Å². The van der Waals surface area contributed by atoms with Gasteiger partial charge in [0, 0.05) is 74.3 Å². The quantitative estimate of drug-likeness (QED) is 0.0357. The molecule has 6 aliphatic rings.